The predicted octanol–water partition coefficient (Wildman–Crippen LogP) is 3.02. The van der Waals surface area contributed by atoms with E-state index >= 15 is 0 Å². The molecule has 2 aromatic rings. The van der Waals surface area contributed by atoms with Crippen molar-refractivity contribution >= 4 is 16.5 Å². The third-order valence-corrected chi connectivity index (χ3v) is 3.02. The zero-order valence-electron chi connectivity index (χ0n) is 10.9. The van der Waals surface area contributed by atoms with Gasteiger partial charge in [-0.15, -0.1) is 0 Å². The first kappa shape index (κ1) is 12.7. The average molecular weight is 245 g/mol. The first-order valence-electron chi connectivity index (χ1n) is 6.22. The van der Waals surface area contributed by atoms with Crippen LogP contribution < -0.4 is 4.90 Å². The van der Waals surface area contributed by atoms with Crippen molar-refractivity contribution in [3.05, 3.63) is 36.4 Å². The highest BCUT2D eigenvalue weighted by Crippen LogP contribution is 2.24. The zero-order chi connectivity index (χ0) is 13.0. The first-order valence-corrected chi connectivity index (χ1v) is 6.22. The van der Waals surface area contributed by atoms with E-state index in [1.807, 2.05) is 19.1 Å². The molecule has 2 rings (SSSR count). The second-order valence-electron chi connectivity index (χ2n) is 4.33. The summed E-state index contributed by atoms with van der Waals surface area (Å²) in [6, 6.07) is 11.6. The van der Waals surface area contributed by atoms with Crippen LogP contribution in [-0.4, -0.2) is 31.9 Å². The number of phenolic OH excluding ortho intramolecular Hbond substituents is 1. The van der Waals surface area contributed by atoms with Crippen LogP contribution in [-0.2, 0) is 4.74 Å². The maximum atomic E-state index is 9.43. The van der Waals surface area contributed by atoms with E-state index in [9.17, 15) is 5.11 Å². The Bertz CT molecular complexity index is 525. The van der Waals surface area contributed by atoms with Crippen LogP contribution in [0.1, 0.15) is 6.92 Å². The Morgan fingerprint density at radius 2 is 1.83 bits per heavy atom. The van der Waals surface area contributed by atoms with E-state index in [1.54, 1.807) is 12.1 Å². The molecule has 96 valence electrons. The van der Waals surface area contributed by atoms with E-state index in [2.05, 4.69) is 24.1 Å². The largest absolute Gasteiger partial charge is 0.508 e. The fourth-order valence-corrected chi connectivity index (χ4v) is 1.93. The van der Waals surface area contributed by atoms with Gasteiger partial charge in [0.1, 0.15) is 5.75 Å². The van der Waals surface area contributed by atoms with Gasteiger partial charge in [-0.1, -0.05) is 12.1 Å². The van der Waals surface area contributed by atoms with Crippen LogP contribution >= 0.6 is 0 Å². The lowest BCUT2D eigenvalue weighted by Gasteiger charge is -2.19. The molecule has 0 atom stereocenters. The van der Waals surface area contributed by atoms with Gasteiger partial charge >= 0.3 is 0 Å². The topological polar surface area (TPSA) is 32.7 Å². The van der Waals surface area contributed by atoms with E-state index < -0.39 is 0 Å². The van der Waals surface area contributed by atoms with E-state index in [0.717, 1.165) is 36.2 Å². The Labute approximate surface area is 108 Å². The van der Waals surface area contributed by atoms with E-state index in [4.69, 9.17) is 4.74 Å². The molecule has 0 heterocycles. The molecular formula is C15H19NO2. The molecule has 0 aliphatic heterocycles. The van der Waals surface area contributed by atoms with Crippen molar-refractivity contribution in [3.63, 3.8) is 0 Å². The van der Waals surface area contributed by atoms with E-state index in [1.165, 1.54) is 0 Å². The van der Waals surface area contributed by atoms with Gasteiger partial charge in [-0.05, 0) is 42.0 Å². The third kappa shape index (κ3) is 2.93. The van der Waals surface area contributed by atoms with Gasteiger partial charge in [0.2, 0.25) is 0 Å². The molecule has 0 saturated heterocycles. The van der Waals surface area contributed by atoms with Gasteiger partial charge < -0.3 is 14.7 Å². The summed E-state index contributed by atoms with van der Waals surface area (Å²) < 4.78 is 5.35. The van der Waals surface area contributed by atoms with Gasteiger partial charge in [-0.2, -0.15) is 0 Å². The van der Waals surface area contributed by atoms with Gasteiger partial charge in [0.25, 0.3) is 0 Å². The SMILES string of the molecule is CCOCCN(C)c1ccc2cc(O)ccc2c1. The van der Waals surface area contributed by atoms with Gasteiger partial charge in [0.15, 0.2) is 0 Å². The average Bonchev–Trinajstić information content (AvgIpc) is 2.38. The number of aromatic hydroxyl groups is 1. The summed E-state index contributed by atoms with van der Waals surface area (Å²) >= 11 is 0. The maximum absolute atomic E-state index is 9.43. The number of ether oxygens (including phenoxy) is 1. The zero-order valence-corrected chi connectivity index (χ0v) is 10.9. The van der Waals surface area contributed by atoms with Crippen molar-refractivity contribution in [1.29, 1.82) is 0 Å². The lowest BCUT2D eigenvalue weighted by Crippen LogP contribution is -2.22. The van der Waals surface area contributed by atoms with Crippen molar-refractivity contribution in [2.75, 3.05) is 31.7 Å². The summed E-state index contributed by atoms with van der Waals surface area (Å²) in [6.45, 7) is 4.37. The third-order valence-electron chi connectivity index (χ3n) is 3.02. The van der Waals surface area contributed by atoms with E-state index in [0.29, 0.717) is 5.75 Å². The highest BCUT2D eigenvalue weighted by molar-refractivity contribution is 5.87. The van der Waals surface area contributed by atoms with Crippen molar-refractivity contribution in [2.24, 2.45) is 0 Å². The molecule has 0 aromatic heterocycles. The van der Waals surface area contributed by atoms with Crippen molar-refractivity contribution < 1.29 is 9.84 Å². The molecule has 0 fully saturated rings. The fourth-order valence-electron chi connectivity index (χ4n) is 1.93. The van der Waals surface area contributed by atoms with Gasteiger partial charge in [-0.25, -0.2) is 0 Å². The molecule has 0 aliphatic rings. The second kappa shape index (κ2) is 5.74. The Kier molecular flexibility index (Phi) is 4.05. The smallest absolute Gasteiger partial charge is 0.116 e. The van der Waals surface area contributed by atoms with E-state index in [-0.39, 0.29) is 0 Å². The molecule has 0 aliphatic carbocycles. The number of benzene rings is 2. The second-order valence-corrected chi connectivity index (χ2v) is 4.33. The first-order chi connectivity index (χ1) is 8.70. The highest BCUT2D eigenvalue weighted by atomic mass is 16.5. The summed E-state index contributed by atoms with van der Waals surface area (Å²) in [5.74, 6) is 0.306. The number of hydrogen-bond acceptors (Lipinski definition) is 3. The summed E-state index contributed by atoms with van der Waals surface area (Å²) in [4.78, 5) is 2.17. The fraction of sp³-hybridized carbons (Fsp3) is 0.333. The Hall–Kier alpha value is -1.74. The van der Waals surface area contributed by atoms with Crippen molar-refractivity contribution in [2.45, 2.75) is 6.92 Å². The Balaban J connectivity index is 2.16. The lowest BCUT2D eigenvalue weighted by molar-refractivity contribution is 0.154. The molecule has 0 bridgehead atoms. The van der Waals surface area contributed by atoms with Crippen LogP contribution in [0.5, 0.6) is 5.75 Å². The Morgan fingerprint density at radius 1 is 1.11 bits per heavy atom. The molecule has 0 saturated carbocycles. The molecule has 18 heavy (non-hydrogen) atoms. The highest BCUT2D eigenvalue weighted by Gasteiger charge is 2.02. The maximum Gasteiger partial charge on any atom is 0.116 e. The molecule has 2 aromatic carbocycles. The lowest BCUT2D eigenvalue weighted by atomic mass is 10.1. The van der Waals surface area contributed by atoms with Crippen molar-refractivity contribution in [3.8, 4) is 5.75 Å². The van der Waals surface area contributed by atoms with Crippen LogP contribution in [0.2, 0.25) is 0 Å². The molecule has 0 amide bonds. The number of nitrogens with zero attached hydrogens (tertiary/aromatic N) is 1. The van der Waals surface area contributed by atoms with Crippen LogP contribution in [0.3, 0.4) is 0 Å². The quantitative estimate of drug-likeness (QED) is 0.822. The number of likely N-dealkylation sites (N-methyl/N-ethyl adjacent to an activating group) is 1. The monoisotopic (exact) mass is 245 g/mol. The summed E-state index contributed by atoms with van der Waals surface area (Å²) in [5, 5.41) is 11.6. The number of rotatable bonds is 5. The normalized spacial score (nSPS) is 10.8. The van der Waals surface area contributed by atoms with Crippen molar-refractivity contribution in [1.82, 2.24) is 0 Å². The number of fused-ring (bicyclic) bond motifs is 1. The molecule has 0 radical (unpaired) electrons. The minimum absolute atomic E-state index is 0.306. The predicted molar refractivity (Wildman–Crippen MR) is 75.4 cm³/mol. The molecule has 0 spiro atoms. The van der Waals surface area contributed by atoms with Crippen LogP contribution in [0.25, 0.3) is 10.8 Å². The summed E-state index contributed by atoms with van der Waals surface area (Å²) in [6.07, 6.45) is 0. The van der Waals surface area contributed by atoms with Crippen LogP contribution in [0.4, 0.5) is 5.69 Å². The molecule has 3 nitrogen and oxygen atoms in total. The molecule has 1 N–H and O–H groups in total. The Morgan fingerprint density at radius 3 is 2.61 bits per heavy atom. The molecule has 3 heteroatoms. The number of phenols is 1. The molecular weight excluding hydrogens is 226 g/mol. The standard InChI is InChI=1S/C15H19NO2/c1-3-18-9-8-16(2)14-6-4-13-11-15(17)7-5-12(13)10-14/h4-7,10-11,17H,3,8-9H2,1-2H3. The number of anilines is 1. The van der Waals surface area contributed by atoms with Crippen LogP contribution in [0.15, 0.2) is 36.4 Å². The molecule has 0 unspecified atom stereocenters. The minimum atomic E-state index is 0.306. The summed E-state index contributed by atoms with van der Waals surface area (Å²) in [7, 11) is 2.06. The van der Waals surface area contributed by atoms with Crippen LogP contribution in [0, 0.1) is 0 Å². The minimum Gasteiger partial charge on any atom is -0.508 e. The van der Waals surface area contributed by atoms with Gasteiger partial charge in [0, 0.05) is 25.9 Å². The number of hydrogen-bond donors (Lipinski definition) is 1. The van der Waals surface area contributed by atoms with Gasteiger partial charge in [-0.3, -0.25) is 0 Å². The van der Waals surface area contributed by atoms with Gasteiger partial charge in [0.05, 0.1) is 6.61 Å². The summed E-state index contributed by atoms with van der Waals surface area (Å²) in [5.41, 5.74) is 1.16.